The van der Waals surface area contributed by atoms with E-state index in [0.717, 1.165) is 39.0 Å². The number of hydrogen-bond acceptors (Lipinski definition) is 5. The summed E-state index contributed by atoms with van der Waals surface area (Å²) in [6.07, 6.45) is 8.41. The molecule has 0 aromatic carbocycles. The number of ketones is 1. The first-order valence-corrected chi connectivity index (χ1v) is 11.2. The van der Waals surface area contributed by atoms with Crippen LogP contribution in [0.15, 0.2) is 24.5 Å². The van der Waals surface area contributed by atoms with Gasteiger partial charge in [0.2, 0.25) is 11.8 Å². The van der Waals surface area contributed by atoms with E-state index in [9.17, 15) is 14.4 Å². The van der Waals surface area contributed by atoms with Crippen molar-refractivity contribution in [2.45, 2.75) is 45.4 Å². The Morgan fingerprint density at radius 1 is 0.967 bits per heavy atom. The van der Waals surface area contributed by atoms with Crippen molar-refractivity contribution in [3.8, 4) is 0 Å². The minimum atomic E-state index is -0.103. The van der Waals surface area contributed by atoms with Crippen molar-refractivity contribution in [2.24, 2.45) is 11.3 Å². The Balaban J connectivity index is 1.25. The number of hydrogen-bond donors (Lipinski definition) is 0. The predicted molar refractivity (Wildman–Crippen MR) is 114 cm³/mol. The van der Waals surface area contributed by atoms with Gasteiger partial charge in [-0.2, -0.15) is 0 Å². The van der Waals surface area contributed by atoms with Crippen LogP contribution >= 0.6 is 0 Å². The van der Waals surface area contributed by atoms with Gasteiger partial charge in [-0.15, -0.1) is 0 Å². The monoisotopic (exact) mass is 412 g/mol. The first kappa shape index (κ1) is 20.8. The van der Waals surface area contributed by atoms with Gasteiger partial charge >= 0.3 is 0 Å². The van der Waals surface area contributed by atoms with E-state index >= 15 is 0 Å². The first-order valence-electron chi connectivity index (χ1n) is 11.2. The maximum atomic E-state index is 13.0. The van der Waals surface area contributed by atoms with Gasteiger partial charge in [-0.25, -0.2) is 0 Å². The number of aromatic nitrogens is 1. The van der Waals surface area contributed by atoms with Crippen molar-refractivity contribution >= 4 is 23.3 Å². The number of piperidine rings is 2. The molecule has 1 aromatic heterocycles. The summed E-state index contributed by atoms with van der Waals surface area (Å²) in [5.74, 6) is 0.0629. The molecule has 0 atom stereocenters. The van der Waals surface area contributed by atoms with Crippen LogP contribution in [0.2, 0.25) is 0 Å². The first-order chi connectivity index (χ1) is 14.5. The molecule has 1 aromatic rings. The van der Waals surface area contributed by atoms with Crippen LogP contribution in [0.25, 0.3) is 0 Å². The van der Waals surface area contributed by atoms with Gasteiger partial charge in [-0.1, -0.05) is 0 Å². The fourth-order valence-electron chi connectivity index (χ4n) is 5.28. The normalized spacial score (nSPS) is 21.8. The van der Waals surface area contributed by atoms with E-state index in [0.29, 0.717) is 31.3 Å². The third-order valence-electron chi connectivity index (χ3n) is 7.20. The molecule has 0 saturated carbocycles. The zero-order valence-electron chi connectivity index (χ0n) is 17.9. The number of amides is 2. The van der Waals surface area contributed by atoms with Gasteiger partial charge in [0, 0.05) is 63.3 Å². The van der Waals surface area contributed by atoms with Crippen LogP contribution in [-0.2, 0) is 14.4 Å². The molecule has 0 aliphatic carbocycles. The van der Waals surface area contributed by atoms with Crippen molar-refractivity contribution < 1.29 is 14.4 Å². The highest BCUT2D eigenvalue weighted by atomic mass is 16.2. The Labute approximate surface area is 178 Å². The van der Waals surface area contributed by atoms with Crippen molar-refractivity contribution in [1.82, 2.24) is 14.8 Å². The van der Waals surface area contributed by atoms with Gasteiger partial charge in [0.15, 0.2) is 0 Å². The molecule has 0 bridgehead atoms. The fraction of sp³-hybridized carbons (Fsp3) is 0.652. The van der Waals surface area contributed by atoms with E-state index in [4.69, 9.17) is 0 Å². The summed E-state index contributed by atoms with van der Waals surface area (Å²) < 4.78 is 0. The zero-order valence-corrected chi connectivity index (χ0v) is 17.9. The molecule has 7 nitrogen and oxygen atoms in total. The molecule has 1 spiro atoms. The molecule has 3 aliphatic heterocycles. The molecule has 3 aliphatic rings. The Bertz CT molecular complexity index is 781. The molecule has 3 saturated heterocycles. The molecular formula is C23H32N4O3. The maximum Gasteiger partial charge on any atom is 0.230 e. The Hall–Kier alpha value is -2.44. The summed E-state index contributed by atoms with van der Waals surface area (Å²) in [6.45, 7) is 6.43. The molecule has 0 unspecified atom stereocenters. The Kier molecular flexibility index (Phi) is 6.06. The van der Waals surface area contributed by atoms with Gasteiger partial charge in [0.1, 0.15) is 5.78 Å². The zero-order chi connectivity index (χ0) is 21.1. The number of anilines is 1. The minimum Gasteiger partial charge on any atom is -0.371 e. The maximum absolute atomic E-state index is 13.0. The number of pyridine rings is 1. The van der Waals surface area contributed by atoms with E-state index in [1.165, 1.54) is 19.0 Å². The van der Waals surface area contributed by atoms with Crippen LogP contribution < -0.4 is 4.90 Å². The lowest BCUT2D eigenvalue weighted by atomic mass is 9.77. The fourth-order valence-corrected chi connectivity index (χ4v) is 5.28. The molecule has 4 heterocycles. The van der Waals surface area contributed by atoms with Gasteiger partial charge in [-0.05, 0) is 56.6 Å². The van der Waals surface area contributed by atoms with E-state index in [2.05, 4.69) is 26.9 Å². The van der Waals surface area contributed by atoms with E-state index < -0.39 is 0 Å². The van der Waals surface area contributed by atoms with Crippen LogP contribution in [0.3, 0.4) is 0 Å². The largest absolute Gasteiger partial charge is 0.371 e. The van der Waals surface area contributed by atoms with E-state index in [1.54, 1.807) is 4.90 Å². The average Bonchev–Trinajstić information content (AvgIpc) is 3.17. The summed E-state index contributed by atoms with van der Waals surface area (Å²) >= 11 is 0. The summed E-state index contributed by atoms with van der Waals surface area (Å²) in [6, 6.07) is 4.15. The van der Waals surface area contributed by atoms with Gasteiger partial charge in [0.25, 0.3) is 0 Å². The predicted octanol–water partition coefficient (Wildman–Crippen LogP) is 2.12. The SMILES string of the molecule is CC(=O)CC(=O)N1CCC(C(=O)N2CCC3(CC2)CCN(c2ccncc2)C3)CC1. The van der Waals surface area contributed by atoms with Crippen LogP contribution in [0.5, 0.6) is 0 Å². The van der Waals surface area contributed by atoms with Gasteiger partial charge < -0.3 is 14.7 Å². The minimum absolute atomic E-state index is 0.0114. The number of carbonyl (C=O) groups is 3. The van der Waals surface area contributed by atoms with Crippen molar-refractivity contribution in [1.29, 1.82) is 0 Å². The van der Waals surface area contributed by atoms with Crippen molar-refractivity contribution in [3.05, 3.63) is 24.5 Å². The van der Waals surface area contributed by atoms with Crippen molar-refractivity contribution in [3.63, 3.8) is 0 Å². The standard InChI is InChI=1S/C23H32N4O3/c1-18(28)16-21(29)25-11-4-19(5-12-25)22(30)26-13-6-23(7-14-26)8-15-27(17-23)20-2-9-24-10-3-20/h2-3,9-10,19H,4-8,11-17H2,1H3. The van der Waals surface area contributed by atoms with E-state index in [1.807, 2.05) is 12.4 Å². The Morgan fingerprint density at radius 2 is 1.60 bits per heavy atom. The lowest BCUT2D eigenvalue weighted by molar-refractivity contribution is -0.143. The van der Waals surface area contributed by atoms with Crippen LogP contribution in [0, 0.1) is 11.3 Å². The molecule has 0 N–H and O–H groups in total. The summed E-state index contributed by atoms with van der Waals surface area (Å²) in [5.41, 5.74) is 1.56. The molecule has 3 fully saturated rings. The van der Waals surface area contributed by atoms with Crippen LogP contribution in [-0.4, -0.2) is 71.6 Å². The molecular weight excluding hydrogens is 380 g/mol. The number of rotatable bonds is 4. The molecule has 0 radical (unpaired) electrons. The van der Waals surface area contributed by atoms with E-state index in [-0.39, 0.29) is 29.9 Å². The topological polar surface area (TPSA) is 73.8 Å². The smallest absolute Gasteiger partial charge is 0.230 e. The number of Topliss-reactive ketones (excluding diaryl/α,β-unsaturated/α-hetero) is 1. The molecule has 2 amide bonds. The second-order valence-electron chi connectivity index (χ2n) is 9.24. The number of nitrogens with zero attached hydrogens (tertiary/aromatic N) is 4. The second-order valence-corrected chi connectivity index (χ2v) is 9.24. The molecule has 4 rings (SSSR count). The van der Waals surface area contributed by atoms with Crippen LogP contribution in [0.4, 0.5) is 5.69 Å². The third-order valence-corrected chi connectivity index (χ3v) is 7.20. The average molecular weight is 413 g/mol. The van der Waals surface area contributed by atoms with Gasteiger partial charge in [-0.3, -0.25) is 19.4 Å². The molecule has 30 heavy (non-hydrogen) atoms. The summed E-state index contributed by atoms with van der Waals surface area (Å²) in [4.78, 5) is 46.6. The summed E-state index contributed by atoms with van der Waals surface area (Å²) in [7, 11) is 0. The van der Waals surface area contributed by atoms with Crippen molar-refractivity contribution in [2.75, 3.05) is 44.2 Å². The molecule has 7 heteroatoms. The van der Waals surface area contributed by atoms with Crippen LogP contribution in [0.1, 0.15) is 45.4 Å². The lowest BCUT2D eigenvalue weighted by Crippen LogP contribution is -2.49. The van der Waals surface area contributed by atoms with Gasteiger partial charge in [0.05, 0.1) is 6.42 Å². The number of carbonyl (C=O) groups excluding carboxylic acids is 3. The number of likely N-dealkylation sites (tertiary alicyclic amines) is 2. The second kappa shape index (κ2) is 8.74. The Morgan fingerprint density at radius 3 is 2.23 bits per heavy atom. The summed E-state index contributed by atoms with van der Waals surface area (Å²) in [5, 5.41) is 0. The highest BCUT2D eigenvalue weighted by Crippen LogP contribution is 2.42. The quantitative estimate of drug-likeness (QED) is 0.709. The third kappa shape index (κ3) is 4.50. The highest BCUT2D eigenvalue weighted by Gasteiger charge is 2.42. The lowest BCUT2D eigenvalue weighted by Gasteiger charge is -2.41. The highest BCUT2D eigenvalue weighted by molar-refractivity contribution is 5.96. The molecule has 162 valence electrons.